The van der Waals surface area contributed by atoms with Crippen molar-refractivity contribution < 1.29 is 13.5 Å². The predicted octanol–water partition coefficient (Wildman–Crippen LogP) is 3.59. The number of halogens is 3. The van der Waals surface area contributed by atoms with Gasteiger partial charge in [-0.3, -0.25) is 0 Å². The van der Waals surface area contributed by atoms with Crippen molar-refractivity contribution in [1.29, 1.82) is 0 Å². The van der Waals surface area contributed by atoms with Crippen LogP contribution in [0.1, 0.15) is 11.7 Å². The van der Waals surface area contributed by atoms with Gasteiger partial charge >= 0.3 is 0 Å². The molecule has 0 radical (unpaired) electrons. The average Bonchev–Trinajstić information content (AvgIpc) is 3.00. The first kappa shape index (κ1) is 16.8. The molecule has 2 aromatic carbocycles. The maximum Gasteiger partial charge on any atom is 0.153 e. The van der Waals surface area contributed by atoms with E-state index in [4.69, 9.17) is 4.74 Å². The highest BCUT2D eigenvalue weighted by atomic mass is 35.5. The van der Waals surface area contributed by atoms with E-state index in [1.165, 1.54) is 6.07 Å². The quantitative estimate of drug-likeness (QED) is 0.742. The maximum absolute atomic E-state index is 13.7. The van der Waals surface area contributed by atoms with Gasteiger partial charge < -0.3 is 15.0 Å². The van der Waals surface area contributed by atoms with E-state index in [9.17, 15) is 8.78 Å². The third-order valence-corrected chi connectivity index (χ3v) is 3.99. The van der Waals surface area contributed by atoms with E-state index < -0.39 is 11.6 Å². The number of aromatic nitrogens is 2. The summed E-state index contributed by atoms with van der Waals surface area (Å²) in [4.78, 5) is 7.18. The van der Waals surface area contributed by atoms with Crippen LogP contribution < -0.4 is 5.32 Å². The van der Waals surface area contributed by atoms with Gasteiger partial charge in [-0.2, -0.15) is 0 Å². The first-order valence-electron chi connectivity index (χ1n) is 7.48. The summed E-state index contributed by atoms with van der Waals surface area (Å²) in [5, 5.41) is 3.29. The minimum absolute atomic E-state index is 0. The molecule has 1 fully saturated rings. The van der Waals surface area contributed by atoms with Crippen molar-refractivity contribution in [2.45, 2.75) is 6.10 Å². The molecule has 0 amide bonds. The molecule has 1 aliphatic rings. The molecule has 0 bridgehead atoms. The Bertz CT molecular complexity index is 845. The second-order valence-corrected chi connectivity index (χ2v) is 5.55. The summed E-state index contributed by atoms with van der Waals surface area (Å²) in [6.07, 6.45) is 0.0417. The molecule has 24 heavy (non-hydrogen) atoms. The Labute approximate surface area is 143 Å². The first-order valence-corrected chi connectivity index (χ1v) is 7.48. The van der Waals surface area contributed by atoms with Gasteiger partial charge in [-0.1, -0.05) is 24.3 Å². The second kappa shape index (κ2) is 6.84. The van der Waals surface area contributed by atoms with Gasteiger partial charge in [0.05, 0.1) is 18.2 Å². The Morgan fingerprint density at radius 1 is 1.12 bits per heavy atom. The van der Waals surface area contributed by atoms with Crippen LogP contribution in [0.4, 0.5) is 8.78 Å². The highest BCUT2D eigenvalue weighted by Crippen LogP contribution is 2.25. The first-order chi connectivity index (χ1) is 11.2. The van der Waals surface area contributed by atoms with Crippen LogP contribution in [0.2, 0.25) is 0 Å². The van der Waals surface area contributed by atoms with Gasteiger partial charge in [0.2, 0.25) is 0 Å². The summed E-state index contributed by atoms with van der Waals surface area (Å²) in [5.41, 5.74) is 2.38. The zero-order valence-corrected chi connectivity index (χ0v) is 13.5. The lowest BCUT2D eigenvalue weighted by atomic mass is 10.1. The number of morpholine rings is 1. The third-order valence-electron chi connectivity index (χ3n) is 3.99. The number of hydrogen-bond donors (Lipinski definition) is 2. The Balaban J connectivity index is 0.00000169. The van der Waals surface area contributed by atoms with Crippen LogP contribution in [-0.2, 0) is 4.74 Å². The summed E-state index contributed by atoms with van der Waals surface area (Å²) < 4.78 is 32.7. The molecule has 2 N–H and O–H groups in total. The van der Waals surface area contributed by atoms with Crippen molar-refractivity contribution in [2.75, 3.05) is 19.7 Å². The molecular formula is C17H16ClF2N3O. The summed E-state index contributed by atoms with van der Waals surface area (Å²) in [5.74, 6) is -0.776. The molecule has 7 heteroatoms. The van der Waals surface area contributed by atoms with E-state index in [2.05, 4.69) is 15.3 Å². The molecule has 1 atom stereocenters. The van der Waals surface area contributed by atoms with Gasteiger partial charge in [-0.05, 0) is 11.6 Å². The molecule has 126 valence electrons. The minimum Gasteiger partial charge on any atom is -0.371 e. The van der Waals surface area contributed by atoms with Gasteiger partial charge in [0, 0.05) is 24.7 Å². The zero-order chi connectivity index (χ0) is 15.8. The lowest BCUT2D eigenvalue weighted by Gasteiger charge is -2.24. The molecule has 4 nitrogen and oxygen atoms in total. The largest absolute Gasteiger partial charge is 0.371 e. The molecular weight excluding hydrogens is 336 g/mol. The fourth-order valence-corrected chi connectivity index (χ4v) is 2.81. The molecule has 4 rings (SSSR count). The van der Waals surface area contributed by atoms with Gasteiger partial charge in [0.15, 0.2) is 5.82 Å². The number of nitrogens with zero attached hydrogens (tertiary/aromatic N) is 1. The van der Waals surface area contributed by atoms with E-state index >= 15 is 0 Å². The maximum atomic E-state index is 13.7. The van der Waals surface area contributed by atoms with Gasteiger partial charge in [-0.25, -0.2) is 13.8 Å². The topological polar surface area (TPSA) is 49.9 Å². The molecule has 3 aromatic rings. The van der Waals surface area contributed by atoms with E-state index in [-0.39, 0.29) is 24.0 Å². The average molecular weight is 352 g/mol. The van der Waals surface area contributed by atoms with Crippen LogP contribution in [-0.4, -0.2) is 29.7 Å². The lowest BCUT2D eigenvalue weighted by Crippen LogP contribution is -2.33. The van der Waals surface area contributed by atoms with E-state index in [1.807, 2.05) is 24.3 Å². The zero-order valence-electron chi connectivity index (χ0n) is 12.7. The summed E-state index contributed by atoms with van der Waals surface area (Å²) in [6.45, 7) is 2.35. The Kier molecular flexibility index (Phi) is 4.80. The monoisotopic (exact) mass is 351 g/mol. The van der Waals surface area contributed by atoms with Gasteiger partial charge in [0.25, 0.3) is 0 Å². The van der Waals surface area contributed by atoms with Crippen molar-refractivity contribution in [3.05, 3.63) is 53.6 Å². The van der Waals surface area contributed by atoms with Crippen molar-refractivity contribution in [3.63, 3.8) is 0 Å². The molecule has 0 unspecified atom stereocenters. The molecule has 1 aromatic heterocycles. The van der Waals surface area contributed by atoms with Gasteiger partial charge in [-0.15, -0.1) is 12.4 Å². The van der Waals surface area contributed by atoms with E-state index in [0.717, 1.165) is 30.3 Å². The predicted molar refractivity (Wildman–Crippen MR) is 90.3 cm³/mol. The number of benzene rings is 2. The number of nitrogens with one attached hydrogen (secondary N) is 2. The number of rotatable bonds is 2. The Morgan fingerprint density at radius 3 is 2.62 bits per heavy atom. The summed E-state index contributed by atoms with van der Waals surface area (Å²) in [7, 11) is 0. The molecule has 0 aliphatic carbocycles. The van der Waals surface area contributed by atoms with E-state index in [1.54, 1.807) is 0 Å². The number of ether oxygens (including phenoxy) is 1. The Morgan fingerprint density at radius 2 is 1.92 bits per heavy atom. The molecule has 0 spiro atoms. The van der Waals surface area contributed by atoms with Crippen LogP contribution >= 0.6 is 12.4 Å². The smallest absolute Gasteiger partial charge is 0.153 e. The van der Waals surface area contributed by atoms with Crippen LogP contribution in [0.15, 0.2) is 36.4 Å². The normalized spacial score (nSPS) is 17.7. The number of hydrogen-bond acceptors (Lipinski definition) is 3. The van der Waals surface area contributed by atoms with Crippen LogP contribution in [0, 0.1) is 11.6 Å². The molecule has 0 saturated carbocycles. The number of H-pyrrole nitrogens is 1. The number of imidazole rings is 1. The fourth-order valence-electron chi connectivity index (χ4n) is 2.81. The minimum atomic E-state index is -0.666. The van der Waals surface area contributed by atoms with Crippen molar-refractivity contribution in [3.8, 4) is 11.4 Å². The highest BCUT2D eigenvalue weighted by Gasteiger charge is 2.16. The summed E-state index contributed by atoms with van der Waals surface area (Å²) in [6, 6.07) is 9.82. The Hall–Kier alpha value is -2.02. The molecule has 1 saturated heterocycles. The fraction of sp³-hybridized carbons (Fsp3) is 0.235. The standard InChI is InChI=1S/C17H15F2N3O.ClH/c18-12-7-13(19)16-14(8-12)21-17(22-16)11-3-1-10(2-4-11)15-9-20-5-6-23-15;/h1-4,7-8,15,20H,5-6,9H2,(H,21,22);1H/t15-;/m1./s1. The molecule has 1 aliphatic heterocycles. The number of aromatic amines is 1. The second-order valence-electron chi connectivity index (χ2n) is 5.55. The van der Waals surface area contributed by atoms with E-state index in [0.29, 0.717) is 17.9 Å². The van der Waals surface area contributed by atoms with Crippen molar-refractivity contribution in [2.24, 2.45) is 0 Å². The molecule has 2 heterocycles. The van der Waals surface area contributed by atoms with Crippen LogP contribution in [0.3, 0.4) is 0 Å². The summed E-state index contributed by atoms with van der Waals surface area (Å²) >= 11 is 0. The third kappa shape index (κ3) is 3.13. The van der Waals surface area contributed by atoms with Gasteiger partial charge in [0.1, 0.15) is 17.2 Å². The van der Waals surface area contributed by atoms with Crippen molar-refractivity contribution in [1.82, 2.24) is 15.3 Å². The highest BCUT2D eigenvalue weighted by molar-refractivity contribution is 5.85. The van der Waals surface area contributed by atoms with Crippen molar-refractivity contribution >= 4 is 23.4 Å². The van der Waals surface area contributed by atoms with Crippen LogP contribution in [0.5, 0.6) is 0 Å². The van der Waals surface area contributed by atoms with Crippen LogP contribution in [0.25, 0.3) is 22.4 Å². The lowest BCUT2D eigenvalue weighted by molar-refractivity contribution is 0.0277. The SMILES string of the molecule is Cl.Fc1cc(F)c2nc(-c3ccc([C@H]4CNCCO4)cc3)[nH]c2c1. The number of fused-ring (bicyclic) bond motifs is 1.